The summed E-state index contributed by atoms with van der Waals surface area (Å²) >= 11 is 0. The van der Waals surface area contributed by atoms with Crippen LogP contribution < -0.4 is 0 Å². The van der Waals surface area contributed by atoms with Crippen molar-refractivity contribution in [1.82, 2.24) is 0 Å². The van der Waals surface area contributed by atoms with Crippen molar-refractivity contribution in [3.63, 3.8) is 0 Å². The van der Waals surface area contributed by atoms with Crippen molar-refractivity contribution in [3.8, 4) is 12.3 Å². The molecule has 0 aliphatic rings. The van der Waals surface area contributed by atoms with Gasteiger partial charge in [0.15, 0.2) is 0 Å². The minimum absolute atomic E-state index is 0.782. The third-order valence-corrected chi connectivity index (χ3v) is 2.46. The van der Waals surface area contributed by atoms with Crippen LogP contribution in [0.3, 0.4) is 0 Å². The second-order valence-corrected chi connectivity index (χ2v) is 3.32. The lowest BCUT2D eigenvalue weighted by Crippen LogP contribution is -1.92. The summed E-state index contributed by atoms with van der Waals surface area (Å²) in [6.07, 6.45) is 7.42. The molecule has 0 spiro atoms. The molecule has 1 aromatic rings. The Morgan fingerprint density at radius 1 is 1.36 bits per heavy atom. The largest absolute Gasteiger partial charge is 0.115 e. The summed E-state index contributed by atoms with van der Waals surface area (Å²) in [5.74, 6) is 2.60. The molecule has 0 unspecified atom stereocenters. The van der Waals surface area contributed by atoms with Gasteiger partial charge in [0.2, 0.25) is 0 Å². The second kappa shape index (κ2) is 4.67. The van der Waals surface area contributed by atoms with Gasteiger partial charge in [-0.1, -0.05) is 44.5 Å². The maximum atomic E-state index is 5.35. The van der Waals surface area contributed by atoms with Gasteiger partial charge in [-0.3, -0.25) is 0 Å². The Kier molecular flexibility index (Phi) is 3.54. The number of rotatable bonds is 3. The standard InChI is InChI=1S/C14H16/c1-5-11(4)14-9-8-12(6-2)10-13(14)7-3/h1,8-10H,4,6-7H2,2-3H3. The molecule has 72 valence electrons. The molecular weight excluding hydrogens is 168 g/mol. The van der Waals surface area contributed by atoms with Crippen LogP contribution in [-0.2, 0) is 12.8 Å². The second-order valence-electron chi connectivity index (χ2n) is 3.32. The highest BCUT2D eigenvalue weighted by Gasteiger charge is 2.03. The predicted octanol–water partition coefficient (Wildman–Crippen LogP) is 3.46. The van der Waals surface area contributed by atoms with Gasteiger partial charge in [-0.25, -0.2) is 0 Å². The summed E-state index contributed by atoms with van der Waals surface area (Å²) in [6, 6.07) is 6.43. The number of aryl methyl sites for hydroxylation is 2. The van der Waals surface area contributed by atoms with Crippen molar-refractivity contribution in [2.75, 3.05) is 0 Å². The first kappa shape index (κ1) is 10.6. The number of terminal acetylenes is 1. The van der Waals surface area contributed by atoms with Crippen molar-refractivity contribution in [2.24, 2.45) is 0 Å². The van der Waals surface area contributed by atoms with Crippen LogP contribution in [0.15, 0.2) is 24.8 Å². The van der Waals surface area contributed by atoms with Crippen molar-refractivity contribution in [3.05, 3.63) is 41.5 Å². The van der Waals surface area contributed by atoms with E-state index in [0.717, 1.165) is 24.0 Å². The van der Waals surface area contributed by atoms with Crippen LogP contribution in [-0.4, -0.2) is 0 Å². The molecule has 14 heavy (non-hydrogen) atoms. The van der Waals surface area contributed by atoms with Gasteiger partial charge in [0.05, 0.1) is 0 Å². The monoisotopic (exact) mass is 184 g/mol. The van der Waals surface area contributed by atoms with Gasteiger partial charge in [-0.05, 0) is 29.5 Å². The van der Waals surface area contributed by atoms with Gasteiger partial charge in [0.25, 0.3) is 0 Å². The molecule has 1 aromatic carbocycles. The molecule has 0 aromatic heterocycles. The van der Waals surface area contributed by atoms with E-state index < -0.39 is 0 Å². The molecule has 0 radical (unpaired) electrons. The molecule has 0 N–H and O–H groups in total. The smallest absolute Gasteiger partial charge is 0.0245 e. The molecule has 1 rings (SSSR count). The number of benzene rings is 1. The van der Waals surface area contributed by atoms with Gasteiger partial charge in [-0.15, -0.1) is 6.42 Å². The molecule has 0 nitrogen and oxygen atoms in total. The van der Waals surface area contributed by atoms with Crippen LogP contribution in [0, 0.1) is 12.3 Å². The van der Waals surface area contributed by atoms with Crippen molar-refractivity contribution in [2.45, 2.75) is 26.7 Å². The topological polar surface area (TPSA) is 0 Å². The highest BCUT2D eigenvalue weighted by molar-refractivity contribution is 5.78. The third-order valence-electron chi connectivity index (χ3n) is 2.46. The fourth-order valence-corrected chi connectivity index (χ4v) is 1.53. The molecule has 0 saturated heterocycles. The Hall–Kier alpha value is -1.48. The highest BCUT2D eigenvalue weighted by atomic mass is 14.1. The van der Waals surface area contributed by atoms with Crippen LogP contribution in [0.1, 0.15) is 30.5 Å². The predicted molar refractivity (Wildman–Crippen MR) is 63.1 cm³/mol. The summed E-state index contributed by atoms with van der Waals surface area (Å²) in [6.45, 7) is 8.17. The van der Waals surface area contributed by atoms with E-state index >= 15 is 0 Å². The van der Waals surface area contributed by atoms with E-state index in [9.17, 15) is 0 Å². The molecule has 0 aliphatic carbocycles. The SMILES string of the molecule is C#CC(=C)c1ccc(CC)cc1CC. The minimum atomic E-state index is 0.782. The highest BCUT2D eigenvalue weighted by Crippen LogP contribution is 2.19. The van der Waals surface area contributed by atoms with E-state index in [0.29, 0.717) is 0 Å². The molecule has 0 saturated carbocycles. The molecule has 0 fully saturated rings. The Morgan fingerprint density at radius 3 is 2.57 bits per heavy atom. The normalized spacial score (nSPS) is 9.50. The Bertz CT molecular complexity index is 378. The number of hydrogen-bond acceptors (Lipinski definition) is 0. The van der Waals surface area contributed by atoms with E-state index in [1.165, 1.54) is 11.1 Å². The van der Waals surface area contributed by atoms with Crippen molar-refractivity contribution >= 4 is 5.57 Å². The van der Waals surface area contributed by atoms with Crippen LogP contribution in [0.5, 0.6) is 0 Å². The summed E-state index contributed by atoms with van der Waals surface area (Å²) in [5, 5.41) is 0. The van der Waals surface area contributed by atoms with Gasteiger partial charge in [0, 0.05) is 5.57 Å². The molecule has 0 amide bonds. The maximum absolute atomic E-state index is 5.35. The van der Waals surface area contributed by atoms with Crippen LogP contribution in [0.25, 0.3) is 5.57 Å². The Balaban J connectivity index is 3.19. The number of hydrogen-bond donors (Lipinski definition) is 0. The molecule has 0 heterocycles. The fraction of sp³-hybridized carbons (Fsp3) is 0.286. The van der Waals surface area contributed by atoms with E-state index in [1.54, 1.807) is 0 Å². The van der Waals surface area contributed by atoms with Gasteiger partial charge < -0.3 is 0 Å². The van der Waals surface area contributed by atoms with E-state index in [1.807, 2.05) is 0 Å². The molecule has 0 atom stereocenters. The molecule has 0 bridgehead atoms. The van der Waals surface area contributed by atoms with Gasteiger partial charge in [-0.2, -0.15) is 0 Å². The lowest BCUT2D eigenvalue weighted by molar-refractivity contribution is 1.08. The average Bonchev–Trinajstić information content (AvgIpc) is 2.27. The van der Waals surface area contributed by atoms with Crippen LogP contribution in [0.2, 0.25) is 0 Å². The summed E-state index contributed by atoms with van der Waals surface area (Å²) < 4.78 is 0. The van der Waals surface area contributed by atoms with E-state index in [2.05, 4.69) is 44.5 Å². The van der Waals surface area contributed by atoms with Gasteiger partial charge >= 0.3 is 0 Å². The summed E-state index contributed by atoms with van der Waals surface area (Å²) in [4.78, 5) is 0. The fourth-order valence-electron chi connectivity index (χ4n) is 1.53. The number of allylic oxidation sites excluding steroid dienone is 1. The van der Waals surface area contributed by atoms with Crippen molar-refractivity contribution in [1.29, 1.82) is 0 Å². The van der Waals surface area contributed by atoms with Crippen molar-refractivity contribution < 1.29 is 0 Å². The Labute approximate surface area is 86.7 Å². The van der Waals surface area contributed by atoms with Crippen LogP contribution in [0.4, 0.5) is 0 Å². The first-order chi connectivity index (χ1) is 6.72. The summed E-state index contributed by atoms with van der Waals surface area (Å²) in [5.41, 5.74) is 4.56. The summed E-state index contributed by atoms with van der Waals surface area (Å²) in [7, 11) is 0. The Morgan fingerprint density at radius 2 is 2.07 bits per heavy atom. The minimum Gasteiger partial charge on any atom is -0.115 e. The zero-order valence-electron chi connectivity index (χ0n) is 8.93. The first-order valence-electron chi connectivity index (χ1n) is 5.00. The zero-order chi connectivity index (χ0) is 10.6. The lowest BCUT2D eigenvalue weighted by atomic mass is 9.96. The molecular formula is C14H16. The quantitative estimate of drug-likeness (QED) is 0.631. The lowest BCUT2D eigenvalue weighted by Gasteiger charge is -2.08. The van der Waals surface area contributed by atoms with E-state index in [4.69, 9.17) is 6.42 Å². The third kappa shape index (κ3) is 2.06. The van der Waals surface area contributed by atoms with Crippen LogP contribution >= 0.6 is 0 Å². The maximum Gasteiger partial charge on any atom is 0.0245 e. The zero-order valence-corrected chi connectivity index (χ0v) is 8.93. The first-order valence-corrected chi connectivity index (χ1v) is 5.00. The van der Waals surface area contributed by atoms with Gasteiger partial charge in [0.1, 0.15) is 0 Å². The van der Waals surface area contributed by atoms with E-state index in [-0.39, 0.29) is 0 Å². The average molecular weight is 184 g/mol. The molecule has 0 heteroatoms. The molecule has 0 aliphatic heterocycles.